The predicted octanol–water partition coefficient (Wildman–Crippen LogP) is 1.77. The minimum Gasteiger partial charge on any atom is -0.466 e. The van der Waals surface area contributed by atoms with Gasteiger partial charge in [-0.1, -0.05) is 6.92 Å². The molecule has 0 saturated heterocycles. The SMILES string of the molecule is CCCO.CCOC(C)=O.CC[N+](CC)(CC)CO. The van der Waals surface area contributed by atoms with Gasteiger partial charge in [0.05, 0.1) is 26.2 Å². The van der Waals surface area contributed by atoms with E-state index in [4.69, 9.17) is 10.2 Å². The van der Waals surface area contributed by atoms with Gasteiger partial charge in [-0.05, 0) is 34.1 Å². The fourth-order valence-electron chi connectivity index (χ4n) is 1.17. The van der Waals surface area contributed by atoms with E-state index in [1.165, 1.54) is 6.92 Å². The molecule has 0 aliphatic rings. The second-order valence-electron chi connectivity index (χ2n) is 4.08. The van der Waals surface area contributed by atoms with Crippen molar-refractivity contribution in [2.24, 2.45) is 0 Å². The number of ether oxygens (including phenoxy) is 1. The molecule has 0 saturated carbocycles. The zero-order valence-corrected chi connectivity index (χ0v) is 13.6. The van der Waals surface area contributed by atoms with Crippen LogP contribution >= 0.6 is 0 Å². The monoisotopic (exact) mass is 280 g/mol. The van der Waals surface area contributed by atoms with Crippen LogP contribution in [0.3, 0.4) is 0 Å². The molecule has 0 rings (SSSR count). The highest BCUT2D eigenvalue weighted by Gasteiger charge is 2.17. The summed E-state index contributed by atoms with van der Waals surface area (Å²) in [5, 5.41) is 16.8. The average Bonchev–Trinajstić information content (AvgIpc) is 2.43. The highest BCUT2D eigenvalue weighted by atomic mass is 16.5. The first kappa shape index (κ1) is 23.4. The molecule has 0 aliphatic heterocycles. The van der Waals surface area contributed by atoms with Crippen LogP contribution in [-0.2, 0) is 9.53 Å². The molecule has 0 aliphatic carbocycles. The Morgan fingerprint density at radius 1 is 1.00 bits per heavy atom. The number of carbonyl (C=O) groups is 1. The predicted molar refractivity (Wildman–Crippen MR) is 78.7 cm³/mol. The number of nitrogens with zero attached hydrogens (tertiary/aromatic N) is 1. The molecule has 0 radical (unpaired) electrons. The molecule has 0 unspecified atom stereocenters. The summed E-state index contributed by atoms with van der Waals surface area (Å²) < 4.78 is 5.24. The first-order valence-corrected chi connectivity index (χ1v) is 7.13. The molecule has 0 aromatic carbocycles. The van der Waals surface area contributed by atoms with E-state index in [1.807, 2.05) is 6.92 Å². The lowest BCUT2D eigenvalue weighted by atomic mass is 10.4. The van der Waals surface area contributed by atoms with Crippen molar-refractivity contribution in [3.05, 3.63) is 0 Å². The van der Waals surface area contributed by atoms with E-state index in [0.29, 0.717) is 13.2 Å². The van der Waals surface area contributed by atoms with Gasteiger partial charge in [-0.25, -0.2) is 0 Å². The minimum atomic E-state index is -0.211. The molecular weight excluding hydrogens is 246 g/mol. The molecule has 0 aromatic heterocycles. The van der Waals surface area contributed by atoms with Gasteiger partial charge in [-0.15, -0.1) is 0 Å². The quantitative estimate of drug-likeness (QED) is 0.442. The zero-order chi connectivity index (χ0) is 15.7. The van der Waals surface area contributed by atoms with Crippen molar-refractivity contribution in [1.82, 2.24) is 0 Å². The van der Waals surface area contributed by atoms with Crippen LogP contribution in [0.2, 0.25) is 0 Å². The van der Waals surface area contributed by atoms with Crippen LogP contribution in [0.1, 0.15) is 48.0 Å². The lowest BCUT2D eigenvalue weighted by Crippen LogP contribution is -2.48. The standard InChI is InChI=1S/C7H18NO.C4H8O2.C3H8O/c1-4-8(5-2,6-3)7-9;1-3-6-4(2)5;1-2-3-4/h9H,4-7H2,1-3H3;3H2,1-2H3;4H,2-3H2,1H3/q+1;;. The van der Waals surface area contributed by atoms with Crippen LogP contribution in [0.25, 0.3) is 0 Å². The topological polar surface area (TPSA) is 66.8 Å². The van der Waals surface area contributed by atoms with Gasteiger partial charge in [-0.3, -0.25) is 4.79 Å². The van der Waals surface area contributed by atoms with Gasteiger partial charge in [0.15, 0.2) is 6.73 Å². The average molecular weight is 280 g/mol. The van der Waals surface area contributed by atoms with Crippen molar-refractivity contribution in [1.29, 1.82) is 0 Å². The van der Waals surface area contributed by atoms with Gasteiger partial charge in [0.2, 0.25) is 0 Å². The summed E-state index contributed by atoms with van der Waals surface area (Å²) in [5.74, 6) is -0.211. The van der Waals surface area contributed by atoms with E-state index in [-0.39, 0.29) is 12.7 Å². The van der Waals surface area contributed by atoms with Crippen LogP contribution in [-0.4, -0.2) is 60.2 Å². The molecule has 0 spiro atoms. The molecule has 0 amide bonds. The maximum atomic E-state index is 9.82. The molecule has 19 heavy (non-hydrogen) atoms. The molecule has 0 fully saturated rings. The fourth-order valence-corrected chi connectivity index (χ4v) is 1.17. The van der Waals surface area contributed by atoms with Crippen molar-refractivity contribution in [3.8, 4) is 0 Å². The lowest BCUT2D eigenvalue weighted by molar-refractivity contribution is -0.940. The van der Waals surface area contributed by atoms with Crippen molar-refractivity contribution in [2.75, 3.05) is 39.6 Å². The molecule has 118 valence electrons. The first-order chi connectivity index (χ1) is 8.93. The molecule has 5 heteroatoms. The van der Waals surface area contributed by atoms with Crippen molar-refractivity contribution in [3.63, 3.8) is 0 Å². The number of hydrogen-bond donors (Lipinski definition) is 2. The van der Waals surface area contributed by atoms with Gasteiger partial charge in [0.25, 0.3) is 0 Å². The molecule has 0 aromatic rings. The summed E-state index contributed by atoms with van der Waals surface area (Å²) in [4.78, 5) is 9.82. The van der Waals surface area contributed by atoms with Crippen molar-refractivity contribution < 1.29 is 24.2 Å². The summed E-state index contributed by atoms with van der Waals surface area (Å²) in [6.45, 7) is 15.6. The van der Waals surface area contributed by atoms with E-state index in [1.54, 1.807) is 6.92 Å². The third kappa shape index (κ3) is 17.4. The van der Waals surface area contributed by atoms with Crippen LogP contribution in [0.15, 0.2) is 0 Å². The second-order valence-corrected chi connectivity index (χ2v) is 4.08. The number of quaternary nitrogens is 1. The molecule has 0 heterocycles. The fraction of sp³-hybridized carbons (Fsp3) is 0.929. The maximum Gasteiger partial charge on any atom is 0.302 e. The summed E-state index contributed by atoms with van der Waals surface area (Å²) in [5.41, 5.74) is 0. The van der Waals surface area contributed by atoms with E-state index in [2.05, 4.69) is 25.5 Å². The third-order valence-electron chi connectivity index (χ3n) is 2.88. The number of carbonyl (C=O) groups excluding carboxylic acids is 1. The second kappa shape index (κ2) is 17.4. The molecule has 0 bridgehead atoms. The Labute approximate surface area is 118 Å². The van der Waals surface area contributed by atoms with Gasteiger partial charge in [0, 0.05) is 13.5 Å². The number of esters is 1. The van der Waals surface area contributed by atoms with Crippen molar-refractivity contribution in [2.45, 2.75) is 48.0 Å². The summed E-state index contributed by atoms with van der Waals surface area (Å²) in [7, 11) is 0. The number of aliphatic hydroxyl groups excluding tert-OH is 2. The molecule has 2 N–H and O–H groups in total. The number of rotatable bonds is 6. The Kier molecular flexibility index (Phi) is 21.4. The summed E-state index contributed by atoms with van der Waals surface area (Å²) in [6.07, 6.45) is 0.875. The highest BCUT2D eigenvalue weighted by Crippen LogP contribution is 2.01. The minimum absolute atomic E-state index is 0.211. The maximum absolute atomic E-state index is 9.82. The van der Waals surface area contributed by atoms with Crippen molar-refractivity contribution >= 4 is 5.97 Å². The summed E-state index contributed by atoms with van der Waals surface area (Å²) in [6, 6.07) is 0. The van der Waals surface area contributed by atoms with E-state index < -0.39 is 0 Å². The van der Waals surface area contributed by atoms with Gasteiger partial charge in [-0.2, -0.15) is 0 Å². The Morgan fingerprint density at radius 2 is 1.37 bits per heavy atom. The van der Waals surface area contributed by atoms with E-state index in [0.717, 1.165) is 30.5 Å². The van der Waals surface area contributed by atoms with Crippen LogP contribution < -0.4 is 0 Å². The normalized spacial score (nSPS) is 9.68. The summed E-state index contributed by atoms with van der Waals surface area (Å²) >= 11 is 0. The molecule has 5 nitrogen and oxygen atoms in total. The lowest BCUT2D eigenvalue weighted by Gasteiger charge is -2.32. The Balaban J connectivity index is -0.000000222. The van der Waals surface area contributed by atoms with Gasteiger partial charge >= 0.3 is 5.97 Å². The Hall–Kier alpha value is -0.650. The Morgan fingerprint density at radius 3 is 1.37 bits per heavy atom. The largest absolute Gasteiger partial charge is 0.466 e. The first-order valence-electron chi connectivity index (χ1n) is 7.13. The van der Waals surface area contributed by atoms with E-state index >= 15 is 0 Å². The third-order valence-corrected chi connectivity index (χ3v) is 2.88. The Bertz CT molecular complexity index is 163. The zero-order valence-electron chi connectivity index (χ0n) is 13.6. The number of hydrogen-bond acceptors (Lipinski definition) is 4. The van der Waals surface area contributed by atoms with E-state index in [9.17, 15) is 4.79 Å². The van der Waals surface area contributed by atoms with Gasteiger partial charge in [0.1, 0.15) is 0 Å². The molecular formula is C14H34NO4+. The number of aliphatic hydroxyl groups is 2. The van der Waals surface area contributed by atoms with Crippen LogP contribution in [0, 0.1) is 0 Å². The van der Waals surface area contributed by atoms with Gasteiger partial charge < -0.3 is 19.4 Å². The van der Waals surface area contributed by atoms with Crippen LogP contribution in [0.5, 0.6) is 0 Å². The smallest absolute Gasteiger partial charge is 0.302 e. The van der Waals surface area contributed by atoms with Crippen LogP contribution in [0.4, 0.5) is 0 Å². The highest BCUT2D eigenvalue weighted by molar-refractivity contribution is 5.65. The molecule has 0 atom stereocenters.